The standard InChI is InChI=1S/C32H33FN2O2/c1-5-6-7-8-31-34-30-21-25(23(3)19-28(37-4)20-24-11-9-22(2)10-12-24)13-18-29(30)32(36)35(31)27-16-14-26(33)15-17-27/h9-19,21H,3,5-8,20H2,1-2,4H3/b28-19-. The van der Waals surface area contributed by atoms with Crippen LogP contribution in [0.5, 0.6) is 0 Å². The average Bonchev–Trinajstić information content (AvgIpc) is 2.90. The number of unbranched alkanes of at least 4 members (excludes halogenated alkanes) is 2. The molecule has 37 heavy (non-hydrogen) atoms. The summed E-state index contributed by atoms with van der Waals surface area (Å²) in [7, 11) is 1.66. The molecule has 5 heteroatoms. The van der Waals surface area contributed by atoms with Gasteiger partial charge in [0.25, 0.3) is 5.56 Å². The number of methoxy groups -OCH3 is 1. The lowest BCUT2D eigenvalue weighted by Crippen LogP contribution is -2.24. The summed E-state index contributed by atoms with van der Waals surface area (Å²) in [4.78, 5) is 18.5. The highest BCUT2D eigenvalue weighted by atomic mass is 19.1. The van der Waals surface area contributed by atoms with Crippen molar-refractivity contribution in [1.82, 2.24) is 9.55 Å². The van der Waals surface area contributed by atoms with Crippen LogP contribution in [0.25, 0.3) is 22.2 Å². The summed E-state index contributed by atoms with van der Waals surface area (Å²) in [6, 6.07) is 19.9. The number of ether oxygens (including phenoxy) is 1. The van der Waals surface area contributed by atoms with Crippen molar-refractivity contribution in [2.45, 2.75) is 46.0 Å². The van der Waals surface area contributed by atoms with Crippen molar-refractivity contribution in [3.8, 4) is 5.69 Å². The van der Waals surface area contributed by atoms with Crippen LogP contribution in [0.2, 0.25) is 0 Å². The lowest BCUT2D eigenvalue weighted by molar-refractivity contribution is 0.283. The molecule has 1 aromatic heterocycles. The van der Waals surface area contributed by atoms with Gasteiger partial charge < -0.3 is 4.74 Å². The lowest BCUT2D eigenvalue weighted by Gasteiger charge is -2.14. The minimum Gasteiger partial charge on any atom is -0.501 e. The number of aromatic nitrogens is 2. The zero-order valence-corrected chi connectivity index (χ0v) is 21.8. The highest BCUT2D eigenvalue weighted by molar-refractivity contribution is 5.84. The van der Waals surface area contributed by atoms with Gasteiger partial charge in [-0.05, 0) is 72.5 Å². The van der Waals surface area contributed by atoms with Gasteiger partial charge in [-0.15, -0.1) is 0 Å². The van der Waals surface area contributed by atoms with E-state index in [2.05, 4.69) is 44.7 Å². The lowest BCUT2D eigenvalue weighted by atomic mass is 10.0. The van der Waals surface area contributed by atoms with E-state index in [-0.39, 0.29) is 11.4 Å². The van der Waals surface area contributed by atoms with E-state index in [1.54, 1.807) is 29.9 Å². The number of fused-ring (bicyclic) bond motifs is 1. The number of hydrogen-bond acceptors (Lipinski definition) is 3. The average molecular weight is 497 g/mol. The molecular weight excluding hydrogens is 463 g/mol. The van der Waals surface area contributed by atoms with Gasteiger partial charge in [0.1, 0.15) is 17.4 Å². The molecule has 0 N–H and O–H groups in total. The number of aryl methyl sites for hydroxylation is 2. The Morgan fingerprint density at radius 3 is 2.46 bits per heavy atom. The Labute approximate surface area is 217 Å². The number of allylic oxidation sites excluding steroid dienone is 3. The van der Waals surface area contributed by atoms with Crippen molar-refractivity contribution in [1.29, 1.82) is 0 Å². The third-order valence-electron chi connectivity index (χ3n) is 6.49. The molecule has 0 saturated carbocycles. The van der Waals surface area contributed by atoms with Crippen molar-refractivity contribution >= 4 is 16.5 Å². The first-order chi connectivity index (χ1) is 17.9. The summed E-state index contributed by atoms with van der Waals surface area (Å²) in [5.74, 6) is 1.13. The van der Waals surface area contributed by atoms with Gasteiger partial charge in [-0.25, -0.2) is 9.37 Å². The molecule has 4 nitrogen and oxygen atoms in total. The van der Waals surface area contributed by atoms with Crippen LogP contribution in [-0.4, -0.2) is 16.7 Å². The van der Waals surface area contributed by atoms with E-state index in [0.29, 0.717) is 35.3 Å². The van der Waals surface area contributed by atoms with Gasteiger partial charge >= 0.3 is 0 Å². The SMILES string of the molecule is C=C(/C=C(/Cc1ccc(C)cc1)OC)c1ccc2c(=O)n(-c3ccc(F)cc3)c(CCCCC)nc2c1. The fraction of sp³-hybridized carbons (Fsp3) is 0.250. The summed E-state index contributed by atoms with van der Waals surface area (Å²) in [6.07, 6.45) is 6.27. The molecule has 0 atom stereocenters. The topological polar surface area (TPSA) is 44.1 Å². The molecule has 0 bridgehead atoms. The largest absolute Gasteiger partial charge is 0.501 e. The van der Waals surface area contributed by atoms with Gasteiger partial charge in [0.2, 0.25) is 0 Å². The Kier molecular flexibility index (Phi) is 8.34. The minimum atomic E-state index is -0.341. The van der Waals surface area contributed by atoms with Gasteiger partial charge in [0.15, 0.2) is 0 Å². The zero-order chi connectivity index (χ0) is 26.4. The number of benzene rings is 3. The van der Waals surface area contributed by atoms with Crippen molar-refractivity contribution in [2.75, 3.05) is 7.11 Å². The number of halogens is 1. The Morgan fingerprint density at radius 1 is 1.05 bits per heavy atom. The van der Waals surface area contributed by atoms with Crippen molar-refractivity contribution < 1.29 is 9.13 Å². The first-order valence-electron chi connectivity index (χ1n) is 12.7. The molecule has 3 aromatic carbocycles. The minimum absolute atomic E-state index is 0.159. The van der Waals surface area contributed by atoms with Crippen LogP contribution in [0.4, 0.5) is 4.39 Å². The Balaban J connectivity index is 1.71. The molecule has 0 fully saturated rings. The molecule has 0 aliphatic carbocycles. The van der Waals surface area contributed by atoms with Gasteiger partial charge in [-0.1, -0.05) is 62.2 Å². The molecule has 0 amide bonds. The van der Waals surface area contributed by atoms with Gasteiger partial charge in [-0.2, -0.15) is 0 Å². The van der Waals surface area contributed by atoms with Crippen molar-refractivity contribution in [3.05, 3.63) is 124 Å². The van der Waals surface area contributed by atoms with Crippen LogP contribution < -0.4 is 5.56 Å². The first kappa shape index (κ1) is 26.1. The molecule has 0 aliphatic rings. The van der Waals surface area contributed by atoms with Crippen LogP contribution in [0.1, 0.15) is 48.7 Å². The normalized spacial score (nSPS) is 11.6. The summed E-state index contributed by atoms with van der Waals surface area (Å²) < 4.78 is 20.8. The molecule has 1 heterocycles. The van der Waals surface area contributed by atoms with E-state index >= 15 is 0 Å². The number of rotatable bonds is 10. The second-order valence-electron chi connectivity index (χ2n) is 9.34. The molecule has 0 saturated heterocycles. The fourth-order valence-electron chi connectivity index (χ4n) is 4.36. The van der Waals surface area contributed by atoms with E-state index < -0.39 is 0 Å². The maximum absolute atomic E-state index is 13.6. The Bertz CT molecular complexity index is 1480. The molecule has 4 rings (SSSR count). The van der Waals surface area contributed by atoms with E-state index in [1.807, 2.05) is 18.2 Å². The van der Waals surface area contributed by atoms with Crippen LogP contribution in [0.3, 0.4) is 0 Å². The van der Waals surface area contributed by atoms with E-state index in [1.165, 1.54) is 17.7 Å². The number of nitrogens with zero attached hydrogens (tertiary/aromatic N) is 2. The van der Waals surface area contributed by atoms with E-state index in [4.69, 9.17) is 9.72 Å². The van der Waals surface area contributed by atoms with E-state index in [0.717, 1.165) is 41.7 Å². The third-order valence-corrected chi connectivity index (χ3v) is 6.49. The predicted octanol–water partition coefficient (Wildman–Crippen LogP) is 7.35. The monoisotopic (exact) mass is 496 g/mol. The van der Waals surface area contributed by atoms with Gasteiger partial charge in [0.05, 0.1) is 23.7 Å². The number of hydrogen-bond donors (Lipinski definition) is 0. The summed E-state index contributed by atoms with van der Waals surface area (Å²) in [5.41, 5.74) is 5.11. The molecular formula is C32H33FN2O2. The van der Waals surface area contributed by atoms with Crippen LogP contribution in [0.15, 0.2) is 89.9 Å². The fourth-order valence-corrected chi connectivity index (χ4v) is 4.36. The van der Waals surface area contributed by atoms with Crippen LogP contribution >= 0.6 is 0 Å². The summed E-state index contributed by atoms with van der Waals surface area (Å²) >= 11 is 0. The second-order valence-corrected chi connectivity index (χ2v) is 9.34. The predicted molar refractivity (Wildman–Crippen MR) is 150 cm³/mol. The summed E-state index contributed by atoms with van der Waals surface area (Å²) in [6.45, 7) is 8.46. The molecule has 0 unspecified atom stereocenters. The van der Waals surface area contributed by atoms with Gasteiger partial charge in [0, 0.05) is 12.8 Å². The maximum Gasteiger partial charge on any atom is 0.265 e. The highest BCUT2D eigenvalue weighted by Crippen LogP contribution is 2.23. The first-order valence-corrected chi connectivity index (χ1v) is 12.7. The second kappa shape index (κ2) is 11.8. The van der Waals surface area contributed by atoms with Crippen molar-refractivity contribution in [3.63, 3.8) is 0 Å². The van der Waals surface area contributed by atoms with Crippen molar-refractivity contribution in [2.24, 2.45) is 0 Å². The Hall–Kier alpha value is -3.99. The van der Waals surface area contributed by atoms with Crippen LogP contribution in [-0.2, 0) is 17.6 Å². The van der Waals surface area contributed by atoms with Gasteiger partial charge in [-0.3, -0.25) is 9.36 Å². The quantitative estimate of drug-likeness (QED) is 0.131. The highest BCUT2D eigenvalue weighted by Gasteiger charge is 2.14. The molecule has 0 aliphatic heterocycles. The zero-order valence-electron chi connectivity index (χ0n) is 21.8. The van der Waals surface area contributed by atoms with Crippen LogP contribution in [0, 0.1) is 12.7 Å². The summed E-state index contributed by atoms with van der Waals surface area (Å²) in [5, 5.41) is 0.510. The smallest absolute Gasteiger partial charge is 0.265 e. The third kappa shape index (κ3) is 6.23. The molecule has 0 spiro atoms. The molecule has 0 radical (unpaired) electrons. The molecule has 190 valence electrons. The maximum atomic E-state index is 13.6. The Morgan fingerprint density at radius 2 is 1.78 bits per heavy atom. The van der Waals surface area contributed by atoms with E-state index in [9.17, 15) is 9.18 Å². The molecule has 4 aromatic rings.